The van der Waals surface area contributed by atoms with Crippen LogP contribution in [0.1, 0.15) is 13.8 Å². The van der Waals surface area contributed by atoms with E-state index in [9.17, 15) is 22.0 Å². The van der Waals surface area contributed by atoms with E-state index in [2.05, 4.69) is 5.32 Å². The Labute approximate surface area is 115 Å². The van der Waals surface area contributed by atoms with Crippen LogP contribution in [0.3, 0.4) is 0 Å². The third-order valence-corrected chi connectivity index (χ3v) is 3.65. The zero-order valence-corrected chi connectivity index (χ0v) is 11.8. The fraction of sp³-hybridized carbons (Fsp3) is 0.417. The van der Waals surface area contributed by atoms with Gasteiger partial charge in [-0.2, -0.15) is 8.78 Å². The number of halogens is 2. The van der Waals surface area contributed by atoms with Gasteiger partial charge in [0.2, 0.25) is 15.7 Å². The number of nitrogens with one attached hydrogen (secondary N) is 1. The molecular formula is C12H15F2NO4S. The van der Waals surface area contributed by atoms with Crippen molar-refractivity contribution < 1.29 is 26.7 Å². The molecule has 0 fully saturated rings. The Balaban J connectivity index is 2.71. The average Bonchev–Trinajstić information content (AvgIpc) is 2.37. The van der Waals surface area contributed by atoms with Gasteiger partial charge < -0.3 is 10.1 Å². The van der Waals surface area contributed by atoms with Crippen LogP contribution in [0.25, 0.3) is 0 Å². The molecule has 1 aromatic carbocycles. The van der Waals surface area contributed by atoms with Gasteiger partial charge >= 0.3 is 5.76 Å². The number of carbonyl (C=O) groups excluding carboxylic acids is 1. The Kier molecular flexibility index (Phi) is 5.58. The topological polar surface area (TPSA) is 72.5 Å². The highest BCUT2D eigenvalue weighted by atomic mass is 32.2. The van der Waals surface area contributed by atoms with Crippen molar-refractivity contribution in [1.29, 1.82) is 0 Å². The van der Waals surface area contributed by atoms with Crippen molar-refractivity contribution in [2.45, 2.75) is 30.6 Å². The van der Waals surface area contributed by atoms with Crippen molar-refractivity contribution in [3.05, 3.63) is 24.3 Å². The van der Waals surface area contributed by atoms with Crippen molar-refractivity contribution in [1.82, 2.24) is 0 Å². The summed E-state index contributed by atoms with van der Waals surface area (Å²) in [6, 6.07) is 4.51. The number of benzene rings is 1. The molecule has 0 unspecified atom stereocenters. The van der Waals surface area contributed by atoms with Gasteiger partial charge in [-0.25, -0.2) is 8.42 Å². The van der Waals surface area contributed by atoms with Crippen LogP contribution in [-0.4, -0.2) is 32.8 Å². The molecule has 20 heavy (non-hydrogen) atoms. The summed E-state index contributed by atoms with van der Waals surface area (Å²) in [6.07, 6.45) is -0.0979. The van der Waals surface area contributed by atoms with Crippen molar-refractivity contribution in [3.63, 3.8) is 0 Å². The van der Waals surface area contributed by atoms with Gasteiger partial charge in [-0.1, -0.05) is 0 Å². The second kappa shape index (κ2) is 6.76. The number of carbonyl (C=O) groups is 1. The minimum Gasteiger partial charge on any atom is -0.369 e. The maximum atomic E-state index is 12.3. The molecule has 1 aromatic rings. The third-order valence-electron chi connectivity index (χ3n) is 2.25. The zero-order chi connectivity index (χ0) is 15.3. The van der Waals surface area contributed by atoms with Crippen LogP contribution < -0.4 is 5.32 Å². The monoisotopic (exact) mass is 307 g/mol. The summed E-state index contributed by atoms with van der Waals surface area (Å²) in [4.78, 5) is 10.9. The highest BCUT2D eigenvalue weighted by Crippen LogP contribution is 2.20. The van der Waals surface area contributed by atoms with Gasteiger partial charge in [0.15, 0.2) is 0 Å². The molecule has 0 aliphatic rings. The molecule has 0 bridgehead atoms. The minimum absolute atomic E-state index is 0.0979. The smallest absolute Gasteiger partial charge is 0.341 e. The second-order valence-electron chi connectivity index (χ2n) is 4.24. The van der Waals surface area contributed by atoms with Gasteiger partial charge in [-0.15, -0.1) is 0 Å². The molecule has 0 aliphatic heterocycles. The molecule has 0 spiro atoms. The number of hydrogen-bond donors (Lipinski definition) is 1. The Bertz CT molecular complexity index is 555. The number of ether oxygens (including phenoxy) is 1. The van der Waals surface area contributed by atoms with Gasteiger partial charge in [0.05, 0.1) is 11.0 Å². The molecule has 8 heteroatoms. The molecule has 0 aromatic heterocycles. The Morgan fingerprint density at radius 1 is 1.25 bits per heavy atom. The van der Waals surface area contributed by atoms with E-state index in [1.54, 1.807) is 13.8 Å². The first-order valence-electron chi connectivity index (χ1n) is 5.77. The molecule has 0 saturated heterocycles. The highest BCUT2D eigenvalue weighted by molar-refractivity contribution is 7.91. The van der Waals surface area contributed by atoms with Crippen LogP contribution >= 0.6 is 0 Å². The number of anilines is 1. The summed E-state index contributed by atoms with van der Waals surface area (Å²) in [5.74, 6) is -3.88. The summed E-state index contributed by atoms with van der Waals surface area (Å²) in [5, 5.41) is 2.46. The second-order valence-corrected chi connectivity index (χ2v) is 6.16. The van der Waals surface area contributed by atoms with E-state index in [0.717, 1.165) is 12.1 Å². The molecule has 0 heterocycles. The molecule has 1 rings (SSSR count). The van der Waals surface area contributed by atoms with Crippen LogP contribution in [0.5, 0.6) is 0 Å². The lowest BCUT2D eigenvalue weighted by molar-refractivity contribution is -0.121. The highest BCUT2D eigenvalue weighted by Gasteiger charge is 2.26. The fourth-order valence-corrected chi connectivity index (χ4v) is 1.99. The van der Waals surface area contributed by atoms with E-state index in [1.807, 2.05) is 0 Å². The lowest BCUT2D eigenvalue weighted by atomic mass is 10.3. The Hall–Kier alpha value is -1.54. The predicted octanol–water partition coefficient (Wildman–Crippen LogP) is 2.05. The number of amides is 1. The van der Waals surface area contributed by atoms with Crippen molar-refractivity contribution >= 4 is 21.4 Å². The van der Waals surface area contributed by atoms with E-state index in [0.29, 0.717) is 5.69 Å². The van der Waals surface area contributed by atoms with Crippen molar-refractivity contribution in [2.75, 3.05) is 11.9 Å². The summed E-state index contributed by atoms with van der Waals surface area (Å²) in [7, 11) is -4.61. The van der Waals surface area contributed by atoms with Crippen LogP contribution in [0.15, 0.2) is 29.2 Å². The summed E-state index contributed by atoms with van der Waals surface area (Å²) < 4.78 is 52.1. The van der Waals surface area contributed by atoms with Gasteiger partial charge in [-0.3, -0.25) is 4.79 Å². The molecule has 1 amide bonds. The van der Waals surface area contributed by atoms with E-state index in [-0.39, 0.29) is 12.7 Å². The minimum atomic E-state index is -4.61. The Morgan fingerprint density at radius 3 is 2.25 bits per heavy atom. The molecular weight excluding hydrogens is 292 g/mol. The molecule has 112 valence electrons. The molecule has 0 radical (unpaired) electrons. The lowest BCUT2D eigenvalue weighted by Gasteiger charge is -2.09. The number of alkyl halides is 2. The van der Waals surface area contributed by atoms with Gasteiger partial charge in [0.25, 0.3) is 0 Å². The van der Waals surface area contributed by atoms with Gasteiger partial charge in [-0.05, 0) is 38.1 Å². The van der Waals surface area contributed by atoms with Gasteiger partial charge in [0.1, 0.15) is 6.61 Å². The molecule has 5 nitrogen and oxygen atoms in total. The third kappa shape index (κ3) is 4.53. The summed E-state index contributed by atoms with van der Waals surface area (Å²) in [6.45, 7) is 3.41. The maximum Gasteiger partial charge on any atom is 0.341 e. The van der Waals surface area contributed by atoms with Crippen LogP contribution in [0.2, 0.25) is 0 Å². The van der Waals surface area contributed by atoms with E-state index < -0.39 is 26.4 Å². The molecule has 0 saturated carbocycles. The predicted molar refractivity (Wildman–Crippen MR) is 69.3 cm³/mol. The summed E-state index contributed by atoms with van der Waals surface area (Å²) in [5.41, 5.74) is 0.301. The quantitative estimate of drug-likeness (QED) is 0.873. The molecule has 1 N–H and O–H groups in total. The van der Waals surface area contributed by atoms with Crippen LogP contribution in [0, 0.1) is 0 Å². The van der Waals surface area contributed by atoms with Gasteiger partial charge in [0, 0.05) is 5.69 Å². The van der Waals surface area contributed by atoms with Crippen molar-refractivity contribution in [2.24, 2.45) is 0 Å². The number of sulfone groups is 1. The first kappa shape index (κ1) is 16.5. The number of hydrogen-bond acceptors (Lipinski definition) is 4. The first-order chi connectivity index (χ1) is 9.23. The van der Waals surface area contributed by atoms with E-state index in [1.165, 1.54) is 12.1 Å². The maximum absolute atomic E-state index is 12.3. The molecule has 0 atom stereocenters. The largest absolute Gasteiger partial charge is 0.369 e. The summed E-state index contributed by atoms with van der Waals surface area (Å²) >= 11 is 0. The normalized spacial score (nSPS) is 11.9. The average molecular weight is 307 g/mol. The lowest BCUT2D eigenvalue weighted by Crippen LogP contribution is -2.20. The van der Waals surface area contributed by atoms with E-state index in [4.69, 9.17) is 4.74 Å². The zero-order valence-electron chi connectivity index (χ0n) is 11.0. The standard InChI is InChI=1S/C12H15F2NO4S/c1-8(2)19-7-11(16)15-9-3-5-10(6-4-9)20(17,18)12(13)14/h3-6,8,12H,7H2,1-2H3,(H,15,16). The van der Waals surface area contributed by atoms with Crippen molar-refractivity contribution in [3.8, 4) is 0 Å². The first-order valence-corrected chi connectivity index (χ1v) is 7.31. The van der Waals surface area contributed by atoms with Crippen LogP contribution in [0.4, 0.5) is 14.5 Å². The van der Waals surface area contributed by atoms with Crippen LogP contribution in [-0.2, 0) is 19.4 Å². The fourth-order valence-electron chi connectivity index (χ4n) is 1.27. The SMILES string of the molecule is CC(C)OCC(=O)Nc1ccc(S(=O)(=O)C(F)F)cc1. The molecule has 0 aliphatic carbocycles. The van der Waals surface area contributed by atoms with E-state index >= 15 is 0 Å². The number of rotatable bonds is 6. The Morgan fingerprint density at radius 2 is 1.80 bits per heavy atom.